The van der Waals surface area contributed by atoms with Gasteiger partial charge >= 0.3 is 0 Å². The van der Waals surface area contributed by atoms with Gasteiger partial charge in [-0.15, -0.1) is 11.3 Å². The number of piperidine rings is 1. The maximum atomic E-state index is 6.01. The smallest absolute Gasteiger partial charge is 0.0330 e. The molecule has 0 saturated carbocycles. The van der Waals surface area contributed by atoms with Crippen LogP contribution in [0.1, 0.15) is 30.2 Å². The minimum Gasteiger partial charge on any atom is -0.328 e. The van der Waals surface area contributed by atoms with Crippen LogP contribution in [0.25, 0.3) is 0 Å². The normalized spacial score (nSPS) is 24.6. The first-order chi connectivity index (χ1) is 7.66. The molecule has 2 rings (SSSR count). The molecule has 1 saturated heterocycles. The molecule has 2 N–H and O–H groups in total. The van der Waals surface area contributed by atoms with Crippen LogP contribution in [0.15, 0.2) is 11.4 Å². The Kier molecular flexibility index (Phi) is 4.00. The van der Waals surface area contributed by atoms with Gasteiger partial charge in [0.05, 0.1) is 0 Å². The highest BCUT2D eigenvalue weighted by atomic mass is 32.1. The van der Waals surface area contributed by atoms with Crippen molar-refractivity contribution in [1.29, 1.82) is 0 Å². The lowest BCUT2D eigenvalue weighted by atomic mass is 9.92. The zero-order valence-corrected chi connectivity index (χ0v) is 11.1. The lowest BCUT2D eigenvalue weighted by molar-refractivity contribution is 0.155. The third-order valence-corrected chi connectivity index (χ3v) is 4.63. The van der Waals surface area contributed by atoms with Crippen LogP contribution < -0.4 is 5.73 Å². The summed E-state index contributed by atoms with van der Waals surface area (Å²) < 4.78 is 0. The number of thiophene rings is 1. The lowest BCUT2D eigenvalue weighted by Crippen LogP contribution is -2.41. The molecule has 0 aliphatic carbocycles. The topological polar surface area (TPSA) is 29.3 Å². The fourth-order valence-corrected chi connectivity index (χ4v) is 3.38. The van der Waals surface area contributed by atoms with E-state index in [1.165, 1.54) is 36.4 Å². The van der Waals surface area contributed by atoms with Crippen molar-refractivity contribution >= 4 is 11.3 Å². The first-order valence-electron chi connectivity index (χ1n) is 6.17. The van der Waals surface area contributed by atoms with Crippen LogP contribution in [-0.4, -0.2) is 24.0 Å². The highest BCUT2D eigenvalue weighted by Crippen LogP contribution is 2.23. The highest BCUT2D eigenvalue weighted by Gasteiger charge is 2.22. The second kappa shape index (κ2) is 5.30. The molecule has 3 heteroatoms. The van der Waals surface area contributed by atoms with Crippen LogP contribution in [0, 0.1) is 12.8 Å². The summed E-state index contributed by atoms with van der Waals surface area (Å²) in [5.74, 6) is 0.689. The van der Waals surface area contributed by atoms with Crippen LogP contribution in [0.5, 0.6) is 0 Å². The van der Waals surface area contributed by atoms with E-state index in [0.717, 1.165) is 6.54 Å². The summed E-state index contributed by atoms with van der Waals surface area (Å²) >= 11 is 1.88. The Labute approximate surface area is 102 Å². The molecule has 0 aromatic carbocycles. The molecule has 1 fully saturated rings. The highest BCUT2D eigenvalue weighted by molar-refractivity contribution is 7.10. The largest absolute Gasteiger partial charge is 0.328 e. The predicted octanol–water partition coefficient (Wildman–Crippen LogP) is 2.62. The van der Waals surface area contributed by atoms with Crippen LogP contribution in [0.2, 0.25) is 0 Å². The van der Waals surface area contributed by atoms with Gasteiger partial charge in [0.1, 0.15) is 0 Å². The van der Waals surface area contributed by atoms with Crippen molar-refractivity contribution in [2.45, 2.75) is 39.3 Å². The summed E-state index contributed by atoms with van der Waals surface area (Å²) in [7, 11) is 0. The Morgan fingerprint density at radius 2 is 2.44 bits per heavy atom. The Morgan fingerprint density at radius 1 is 1.62 bits per heavy atom. The number of nitrogens with zero attached hydrogens (tertiary/aromatic N) is 1. The van der Waals surface area contributed by atoms with Gasteiger partial charge < -0.3 is 5.73 Å². The number of aryl methyl sites for hydroxylation is 1. The molecular weight excluding hydrogens is 216 g/mol. The average molecular weight is 238 g/mol. The molecule has 1 aliphatic heterocycles. The van der Waals surface area contributed by atoms with Crippen LogP contribution >= 0.6 is 11.3 Å². The molecule has 0 spiro atoms. The average Bonchev–Trinajstić information content (AvgIpc) is 2.65. The molecule has 16 heavy (non-hydrogen) atoms. The van der Waals surface area contributed by atoms with Gasteiger partial charge in [-0.25, -0.2) is 0 Å². The van der Waals surface area contributed by atoms with E-state index in [1.54, 1.807) is 0 Å². The van der Waals surface area contributed by atoms with E-state index in [0.29, 0.717) is 12.0 Å². The van der Waals surface area contributed by atoms with E-state index in [4.69, 9.17) is 5.73 Å². The Bertz CT molecular complexity index is 332. The molecule has 0 bridgehead atoms. The van der Waals surface area contributed by atoms with Gasteiger partial charge in [-0.1, -0.05) is 0 Å². The minimum absolute atomic E-state index is 0.340. The quantitative estimate of drug-likeness (QED) is 0.877. The lowest BCUT2D eigenvalue weighted by Gasteiger charge is -2.34. The van der Waals surface area contributed by atoms with E-state index in [9.17, 15) is 0 Å². The number of hydrogen-bond donors (Lipinski definition) is 1. The van der Waals surface area contributed by atoms with Gasteiger partial charge in [-0.2, -0.15) is 0 Å². The molecule has 0 amide bonds. The molecule has 2 heterocycles. The van der Waals surface area contributed by atoms with E-state index >= 15 is 0 Å². The van der Waals surface area contributed by atoms with E-state index in [2.05, 4.69) is 30.2 Å². The summed E-state index contributed by atoms with van der Waals surface area (Å²) in [6.45, 7) is 7.88. The van der Waals surface area contributed by atoms with Gasteiger partial charge in [-0.05, 0) is 56.2 Å². The van der Waals surface area contributed by atoms with Gasteiger partial charge in [0.25, 0.3) is 0 Å². The maximum Gasteiger partial charge on any atom is 0.0330 e. The minimum atomic E-state index is 0.340. The van der Waals surface area contributed by atoms with E-state index < -0.39 is 0 Å². The predicted molar refractivity (Wildman–Crippen MR) is 70.7 cm³/mol. The Morgan fingerprint density at radius 3 is 3.06 bits per heavy atom. The zero-order valence-electron chi connectivity index (χ0n) is 10.3. The van der Waals surface area contributed by atoms with Crippen molar-refractivity contribution in [2.75, 3.05) is 13.1 Å². The van der Waals surface area contributed by atoms with Crippen molar-refractivity contribution in [1.82, 2.24) is 4.90 Å². The first kappa shape index (κ1) is 12.1. The number of nitrogens with two attached hydrogens (primary N) is 1. The maximum absolute atomic E-state index is 6.01. The number of hydrogen-bond acceptors (Lipinski definition) is 3. The molecule has 2 unspecified atom stereocenters. The Hall–Kier alpha value is -0.380. The van der Waals surface area contributed by atoms with E-state index in [1.807, 2.05) is 11.3 Å². The summed E-state index contributed by atoms with van der Waals surface area (Å²) in [4.78, 5) is 4.08. The van der Waals surface area contributed by atoms with Gasteiger partial charge in [0.15, 0.2) is 0 Å². The standard InChI is InChI=1S/C13H22N2S/c1-10-5-7-16-13(10)9-15-6-3-4-12(8-15)11(2)14/h5,7,11-12H,3-4,6,8-9,14H2,1-2H3. The van der Waals surface area contributed by atoms with Gasteiger partial charge in [0, 0.05) is 24.0 Å². The van der Waals surface area contributed by atoms with Gasteiger partial charge in [-0.3, -0.25) is 4.90 Å². The van der Waals surface area contributed by atoms with Crippen LogP contribution in [0.4, 0.5) is 0 Å². The van der Waals surface area contributed by atoms with Crippen molar-refractivity contribution < 1.29 is 0 Å². The summed E-state index contributed by atoms with van der Waals surface area (Å²) in [5, 5.41) is 2.19. The second-order valence-corrected chi connectivity index (χ2v) is 6.02. The molecule has 90 valence electrons. The number of likely N-dealkylation sites (tertiary alicyclic amines) is 1. The van der Waals surface area contributed by atoms with E-state index in [-0.39, 0.29) is 0 Å². The van der Waals surface area contributed by atoms with Crippen molar-refractivity contribution in [3.05, 3.63) is 21.9 Å². The number of rotatable bonds is 3. The fourth-order valence-electron chi connectivity index (χ4n) is 2.43. The molecule has 2 nitrogen and oxygen atoms in total. The summed E-state index contributed by atoms with van der Waals surface area (Å²) in [5.41, 5.74) is 7.45. The Balaban J connectivity index is 1.93. The third-order valence-electron chi connectivity index (χ3n) is 3.62. The van der Waals surface area contributed by atoms with Crippen LogP contribution in [0.3, 0.4) is 0 Å². The zero-order chi connectivity index (χ0) is 11.5. The van der Waals surface area contributed by atoms with Gasteiger partial charge in [0.2, 0.25) is 0 Å². The molecular formula is C13H22N2S. The summed E-state index contributed by atoms with van der Waals surface area (Å²) in [6.07, 6.45) is 2.61. The summed E-state index contributed by atoms with van der Waals surface area (Å²) in [6, 6.07) is 2.56. The second-order valence-electron chi connectivity index (χ2n) is 5.02. The molecule has 1 aliphatic rings. The SMILES string of the molecule is Cc1ccsc1CN1CCCC(C(C)N)C1. The monoisotopic (exact) mass is 238 g/mol. The van der Waals surface area contributed by atoms with Crippen molar-refractivity contribution in [3.63, 3.8) is 0 Å². The molecule has 1 aromatic heterocycles. The third kappa shape index (κ3) is 2.84. The first-order valence-corrected chi connectivity index (χ1v) is 7.05. The molecule has 2 atom stereocenters. The van der Waals surface area contributed by atoms with Crippen molar-refractivity contribution in [3.8, 4) is 0 Å². The molecule has 0 radical (unpaired) electrons. The van der Waals surface area contributed by atoms with Crippen molar-refractivity contribution in [2.24, 2.45) is 11.7 Å². The van der Waals surface area contributed by atoms with Crippen LogP contribution in [-0.2, 0) is 6.54 Å². The fraction of sp³-hybridized carbons (Fsp3) is 0.692. The molecule has 1 aromatic rings.